The highest BCUT2D eigenvalue weighted by molar-refractivity contribution is 7.85. The van der Waals surface area contributed by atoms with Gasteiger partial charge in [-0.05, 0) is 0 Å². The molecule has 2 unspecified atom stereocenters. The van der Waals surface area contributed by atoms with E-state index < -0.39 is 0 Å². The summed E-state index contributed by atoms with van der Waals surface area (Å²) in [5.74, 6) is -0.733. The van der Waals surface area contributed by atoms with Crippen LogP contribution in [-0.4, -0.2) is 36.7 Å². The molecular weight excluding hydrogens is 224 g/mol. The molecule has 0 radical (unpaired) electrons. The molecule has 6 heteroatoms. The molecule has 2 atom stereocenters. The van der Waals surface area contributed by atoms with Crippen molar-refractivity contribution < 1.29 is 19.1 Å². The largest absolute Gasteiger partial charge is 0.469 e. The van der Waals surface area contributed by atoms with Crippen LogP contribution in [0.25, 0.3) is 0 Å². The van der Waals surface area contributed by atoms with Gasteiger partial charge < -0.3 is 9.47 Å². The molecule has 0 fully saturated rings. The summed E-state index contributed by atoms with van der Waals surface area (Å²) in [6, 6.07) is 0. The van der Waals surface area contributed by atoms with E-state index in [-0.39, 0.29) is 35.3 Å². The molecule has 0 saturated carbocycles. The van der Waals surface area contributed by atoms with Crippen LogP contribution in [0.4, 0.5) is 0 Å². The molecule has 0 aliphatic carbocycles. The van der Waals surface area contributed by atoms with Crippen molar-refractivity contribution in [3.63, 3.8) is 0 Å². The van der Waals surface area contributed by atoms with Crippen LogP contribution in [-0.2, 0) is 19.1 Å². The first-order valence-electron chi connectivity index (χ1n) is 4.01. The topological polar surface area (TPSA) is 52.6 Å². The zero-order valence-electron chi connectivity index (χ0n) is 8.10. The minimum absolute atomic E-state index is 0.130. The van der Waals surface area contributed by atoms with Gasteiger partial charge >= 0.3 is 11.9 Å². The van der Waals surface area contributed by atoms with Gasteiger partial charge in [-0.1, -0.05) is 0 Å². The summed E-state index contributed by atoms with van der Waals surface area (Å²) in [5, 5.41) is -0.630. The minimum atomic E-state index is -0.367. The lowest BCUT2D eigenvalue weighted by molar-refractivity contribution is -0.142. The molecule has 0 amide bonds. The number of hydrogen-bond acceptors (Lipinski definition) is 6. The molecule has 0 spiro atoms. The van der Waals surface area contributed by atoms with E-state index in [1.165, 1.54) is 14.2 Å². The number of thiol groups is 2. The van der Waals surface area contributed by atoms with Gasteiger partial charge in [0.25, 0.3) is 0 Å². The fourth-order valence-corrected chi connectivity index (χ4v) is 1.29. The number of rotatable bonds is 5. The van der Waals surface area contributed by atoms with Crippen LogP contribution in [0.1, 0.15) is 12.8 Å². The first-order chi connectivity index (χ1) is 6.51. The average Bonchev–Trinajstić information content (AvgIpc) is 2.17. The zero-order valence-corrected chi connectivity index (χ0v) is 9.89. The van der Waals surface area contributed by atoms with Crippen LogP contribution in [0, 0.1) is 0 Å². The van der Waals surface area contributed by atoms with Crippen LogP contribution < -0.4 is 0 Å². The van der Waals surface area contributed by atoms with Crippen molar-refractivity contribution in [1.29, 1.82) is 0 Å². The van der Waals surface area contributed by atoms with Gasteiger partial charge in [-0.2, -0.15) is 25.3 Å². The van der Waals surface area contributed by atoms with E-state index in [2.05, 4.69) is 34.7 Å². The Hall–Kier alpha value is -0.360. The second-order valence-electron chi connectivity index (χ2n) is 2.70. The zero-order chi connectivity index (χ0) is 11.1. The Morgan fingerprint density at radius 1 is 1.00 bits per heavy atom. The molecule has 0 aromatic rings. The highest BCUT2D eigenvalue weighted by atomic mass is 32.1. The van der Waals surface area contributed by atoms with E-state index in [1.54, 1.807) is 0 Å². The molecule has 0 aliphatic rings. The first-order valence-corrected chi connectivity index (χ1v) is 5.04. The Morgan fingerprint density at radius 3 is 1.50 bits per heavy atom. The van der Waals surface area contributed by atoms with E-state index >= 15 is 0 Å². The lowest BCUT2D eigenvalue weighted by Gasteiger charge is -2.15. The van der Waals surface area contributed by atoms with E-state index in [9.17, 15) is 9.59 Å². The number of hydrogen-bond donors (Lipinski definition) is 2. The number of methoxy groups -OCH3 is 2. The van der Waals surface area contributed by atoms with Crippen LogP contribution in [0.15, 0.2) is 0 Å². The molecule has 0 N–H and O–H groups in total. The summed E-state index contributed by atoms with van der Waals surface area (Å²) >= 11 is 8.29. The molecule has 14 heavy (non-hydrogen) atoms. The van der Waals surface area contributed by atoms with Gasteiger partial charge in [0.2, 0.25) is 0 Å². The van der Waals surface area contributed by atoms with Crippen molar-refractivity contribution in [1.82, 2.24) is 0 Å². The number of ether oxygens (including phenoxy) is 2. The summed E-state index contributed by atoms with van der Waals surface area (Å²) in [4.78, 5) is 21.7. The van der Waals surface area contributed by atoms with E-state index in [4.69, 9.17) is 0 Å². The third-order valence-electron chi connectivity index (χ3n) is 1.65. The first kappa shape index (κ1) is 13.6. The highest BCUT2D eigenvalue weighted by Gasteiger charge is 2.21. The van der Waals surface area contributed by atoms with Gasteiger partial charge in [0.05, 0.1) is 27.1 Å². The number of carbonyl (C=O) groups is 2. The van der Waals surface area contributed by atoms with Crippen molar-refractivity contribution in [2.75, 3.05) is 14.2 Å². The highest BCUT2D eigenvalue weighted by Crippen LogP contribution is 2.17. The Balaban J connectivity index is 3.92. The Bertz CT molecular complexity index is 186. The predicted octanol–water partition coefficient (Wildman–Crippen LogP) is 0.709. The lowest BCUT2D eigenvalue weighted by atomic mass is 10.2. The maximum atomic E-state index is 10.9. The van der Waals surface area contributed by atoms with Gasteiger partial charge in [0.15, 0.2) is 0 Å². The number of carbonyl (C=O) groups excluding carboxylic acids is 2. The van der Waals surface area contributed by atoms with Gasteiger partial charge in [0, 0.05) is 10.5 Å². The average molecular weight is 238 g/mol. The molecule has 0 rings (SSSR count). The maximum absolute atomic E-state index is 10.9. The molecule has 0 saturated heterocycles. The summed E-state index contributed by atoms with van der Waals surface area (Å²) in [5.41, 5.74) is 0. The van der Waals surface area contributed by atoms with Crippen molar-refractivity contribution in [2.24, 2.45) is 0 Å². The molecule has 82 valence electrons. The lowest BCUT2D eigenvalue weighted by Crippen LogP contribution is -2.23. The van der Waals surface area contributed by atoms with Gasteiger partial charge in [-0.3, -0.25) is 9.59 Å². The fourth-order valence-electron chi connectivity index (χ4n) is 0.780. The standard InChI is InChI=1S/C8H14O4S2/c1-11-7(9)3-5(13)6(14)4-8(10)12-2/h5-6,13-14H,3-4H2,1-2H3. The van der Waals surface area contributed by atoms with Gasteiger partial charge in [0.1, 0.15) is 0 Å². The normalized spacial score (nSPS) is 14.3. The van der Waals surface area contributed by atoms with E-state index in [1.807, 2.05) is 0 Å². The molecule has 0 aromatic heterocycles. The number of esters is 2. The van der Waals surface area contributed by atoms with Crippen molar-refractivity contribution >= 4 is 37.2 Å². The third kappa shape index (κ3) is 5.39. The predicted molar refractivity (Wildman–Crippen MR) is 58.8 cm³/mol. The van der Waals surface area contributed by atoms with Crippen molar-refractivity contribution in [3.05, 3.63) is 0 Å². The van der Waals surface area contributed by atoms with Crippen molar-refractivity contribution in [2.45, 2.75) is 23.3 Å². The fraction of sp³-hybridized carbons (Fsp3) is 0.750. The van der Waals surface area contributed by atoms with Crippen molar-refractivity contribution in [3.8, 4) is 0 Å². The van der Waals surface area contributed by atoms with Crippen LogP contribution >= 0.6 is 25.3 Å². The maximum Gasteiger partial charge on any atom is 0.306 e. The summed E-state index contributed by atoms with van der Waals surface area (Å²) in [7, 11) is 2.60. The SMILES string of the molecule is COC(=O)CC(S)C(S)CC(=O)OC. The molecule has 0 bridgehead atoms. The molecule has 4 nitrogen and oxygen atoms in total. The van der Waals surface area contributed by atoms with Crippen LogP contribution in [0.2, 0.25) is 0 Å². The molecular formula is C8H14O4S2. The monoisotopic (exact) mass is 238 g/mol. The smallest absolute Gasteiger partial charge is 0.306 e. The Morgan fingerprint density at radius 2 is 1.29 bits per heavy atom. The van der Waals surface area contributed by atoms with Crippen LogP contribution in [0.5, 0.6) is 0 Å². The summed E-state index contributed by atoms with van der Waals surface area (Å²) in [6.45, 7) is 0. The van der Waals surface area contributed by atoms with Gasteiger partial charge in [-0.25, -0.2) is 0 Å². The third-order valence-corrected chi connectivity index (χ3v) is 2.97. The van der Waals surface area contributed by atoms with E-state index in [0.29, 0.717) is 0 Å². The molecule has 0 aromatic carbocycles. The van der Waals surface area contributed by atoms with E-state index in [0.717, 1.165) is 0 Å². The Labute approximate surface area is 94.2 Å². The minimum Gasteiger partial charge on any atom is -0.469 e. The summed E-state index contributed by atoms with van der Waals surface area (Å²) < 4.78 is 8.93. The van der Waals surface area contributed by atoms with Crippen LogP contribution in [0.3, 0.4) is 0 Å². The quantitative estimate of drug-likeness (QED) is 0.547. The second kappa shape index (κ2) is 7.00. The Kier molecular flexibility index (Phi) is 6.82. The van der Waals surface area contributed by atoms with Gasteiger partial charge in [-0.15, -0.1) is 0 Å². The second-order valence-corrected chi connectivity index (χ2v) is 4.02. The summed E-state index contributed by atoms with van der Waals surface area (Å²) in [6.07, 6.45) is 0.259. The molecule has 0 aliphatic heterocycles. The molecule has 0 heterocycles.